The number of hydrogen-bond acceptors (Lipinski definition) is 8. The zero-order chi connectivity index (χ0) is 21.7. The summed E-state index contributed by atoms with van der Waals surface area (Å²) in [6.07, 6.45) is 5.48. The highest BCUT2D eigenvalue weighted by Gasteiger charge is 2.20. The van der Waals surface area contributed by atoms with E-state index in [-0.39, 0.29) is 12.3 Å². The molecule has 30 heavy (non-hydrogen) atoms. The third-order valence-corrected chi connectivity index (χ3v) is 3.63. The van der Waals surface area contributed by atoms with E-state index >= 15 is 0 Å². The standard InChI is InChI=1S/C20H22N6O4/c1-5-29-18(27)15-10-16(26(25-15)17-12-21-8-9-22-17)14-7-6-13(11-23-14)24-19(28)30-20(2,3)4/h6-12H,5H2,1-4H3,(H,24,28). The predicted molar refractivity (Wildman–Crippen MR) is 108 cm³/mol. The van der Waals surface area contributed by atoms with Crippen LogP contribution in [0.15, 0.2) is 43.0 Å². The SMILES string of the molecule is CCOC(=O)c1cc(-c2ccc(NC(=O)OC(C)(C)C)cn2)n(-c2cnccn2)n1. The van der Waals surface area contributed by atoms with Gasteiger partial charge in [0.2, 0.25) is 0 Å². The Balaban J connectivity index is 1.90. The van der Waals surface area contributed by atoms with E-state index in [2.05, 4.69) is 25.4 Å². The number of hydrogen-bond donors (Lipinski definition) is 1. The van der Waals surface area contributed by atoms with E-state index in [0.717, 1.165) is 0 Å². The fourth-order valence-corrected chi connectivity index (χ4v) is 2.48. The van der Waals surface area contributed by atoms with E-state index in [9.17, 15) is 9.59 Å². The van der Waals surface area contributed by atoms with Crippen molar-refractivity contribution in [2.45, 2.75) is 33.3 Å². The van der Waals surface area contributed by atoms with Crippen LogP contribution in [0.1, 0.15) is 38.2 Å². The summed E-state index contributed by atoms with van der Waals surface area (Å²) in [4.78, 5) is 36.7. The lowest BCUT2D eigenvalue weighted by molar-refractivity contribution is 0.0518. The molecule has 10 nitrogen and oxygen atoms in total. The maximum atomic E-state index is 12.1. The number of amides is 1. The molecule has 1 N–H and O–H groups in total. The van der Waals surface area contributed by atoms with Crippen molar-refractivity contribution in [3.05, 3.63) is 48.7 Å². The molecule has 0 atom stereocenters. The molecule has 0 aromatic carbocycles. The van der Waals surface area contributed by atoms with Crippen LogP contribution in [0.25, 0.3) is 17.2 Å². The molecule has 0 radical (unpaired) electrons. The van der Waals surface area contributed by atoms with Gasteiger partial charge in [-0.2, -0.15) is 5.10 Å². The van der Waals surface area contributed by atoms with Crippen LogP contribution in [0.5, 0.6) is 0 Å². The average Bonchev–Trinajstić information content (AvgIpc) is 3.13. The summed E-state index contributed by atoms with van der Waals surface area (Å²) >= 11 is 0. The van der Waals surface area contributed by atoms with Crippen molar-refractivity contribution in [1.82, 2.24) is 24.7 Å². The molecule has 0 bridgehead atoms. The van der Waals surface area contributed by atoms with Gasteiger partial charge < -0.3 is 9.47 Å². The molecular weight excluding hydrogens is 388 g/mol. The second-order valence-electron chi connectivity index (χ2n) is 7.17. The summed E-state index contributed by atoms with van der Waals surface area (Å²) in [6.45, 7) is 7.29. The number of anilines is 1. The van der Waals surface area contributed by atoms with Gasteiger partial charge in [0, 0.05) is 18.5 Å². The monoisotopic (exact) mass is 410 g/mol. The molecule has 1 amide bonds. The molecule has 0 aliphatic carbocycles. The zero-order valence-corrected chi connectivity index (χ0v) is 17.1. The average molecular weight is 410 g/mol. The highest BCUT2D eigenvalue weighted by atomic mass is 16.6. The first-order valence-corrected chi connectivity index (χ1v) is 9.27. The van der Waals surface area contributed by atoms with E-state index in [1.54, 1.807) is 45.9 Å². The Morgan fingerprint density at radius 2 is 1.93 bits per heavy atom. The molecule has 3 aromatic heterocycles. The number of rotatable bonds is 5. The van der Waals surface area contributed by atoms with E-state index < -0.39 is 17.7 Å². The van der Waals surface area contributed by atoms with Crippen molar-refractivity contribution in [3.63, 3.8) is 0 Å². The Bertz CT molecular complexity index is 1030. The number of esters is 1. The van der Waals surface area contributed by atoms with Crippen LogP contribution in [0.3, 0.4) is 0 Å². The van der Waals surface area contributed by atoms with Crippen molar-refractivity contribution in [2.24, 2.45) is 0 Å². The van der Waals surface area contributed by atoms with Gasteiger partial charge in [0.25, 0.3) is 0 Å². The smallest absolute Gasteiger partial charge is 0.412 e. The minimum Gasteiger partial charge on any atom is -0.461 e. The fraction of sp³-hybridized carbons (Fsp3) is 0.300. The molecule has 0 aliphatic heterocycles. The number of carbonyl (C=O) groups excluding carboxylic acids is 2. The molecule has 0 spiro atoms. The van der Waals surface area contributed by atoms with Crippen LogP contribution < -0.4 is 5.32 Å². The zero-order valence-electron chi connectivity index (χ0n) is 17.1. The van der Waals surface area contributed by atoms with Gasteiger partial charge in [-0.1, -0.05) is 0 Å². The molecule has 0 saturated carbocycles. The molecule has 0 aliphatic rings. The molecule has 3 rings (SSSR count). The number of pyridine rings is 1. The summed E-state index contributed by atoms with van der Waals surface area (Å²) in [7, 11) is 0. The van der Waals surface area contributed by atoms with Crippen molar-refractivity contribution < 1.29 is 19.1 Å². The van der Waals surface area contributed by atoms with Gasteiger partial charge in [-0.15, -0.1) is 0 Å². The first-order chi connectivity index (χ1) is 14.3. The molecule has 3 aromatic rings. The summed E-state index contributed by atoms with van der Waals surface area (Å²) < 4.78 is 11.7. The topological polar surface area (TPSA) is 121 Å². The maximum absolute atomic E-state index is 12.1. The largest absolute Gasteiger partial charge is 0.461 e. The van der Waals surface area contributed by atoms with Gasteiger partial charge in [0.15, 0.2) is 11.5 Å². The first-order valence-electron chi connectivity index (χ1n) is 9.27. The minimum atomic E-state index is -0.607. The molecule has 10 heteroatoms. The van der Waals surface area contributed by atoms with Gasteiger partial charge >= 0.3 is 12.1 Å². The lowest BCUT2D eigenvalue weighted by Crippen LogP contribution is -2.27. The molecule has 3 heterocycles. The Hall–Kier alpha value is -3.82. The van der Waals surface area contributed by atoms with E-state index in [0.29, 0.717) is 22.9 Å². The normalized spacial score (nSPS) is 11.1. The second-order valence-corrected chi connectivity index (χ2v) is 7.17. The van der Waals surface area contributed by atoms with Gasteiger partial charge in [0.1, 0.15) is 5.60 Å². The van der Waals surface area contributed by atoms with Crippen LogP contribution in [0.4, 0.5) is 10.5 Å². The third kappa shape index (κ3) is 5.16. The van der Waals surface area contributed by atoms with Crippen LogP contribution in [0, 0.1) is 0 Å². The molecule has 0 saturated heterocycles. The van der Waals surface area contributed by atoms with Crippen LogP contribution >= 0.6 is 0 Å². The Morgan fingerprint density at radius 3 is 2.53 bits per heavy atom. The maximum Gasteiger partial charge on any atom is 0.412 e. The molecule has 0 unspecified atom stereocenters. The fourth-order valence-electron chi connectivity index (χ4n) is 2.48. The van der Waals surface area contributed by atoms with Crippen molar-refractivity contribution >= 4 is 17.7 Å². The predicted octanol–water partition coefficient (Wildman–Crippen LogP) is 3.25. The number of ether oxygens (including phenoxy) is 2. The van der Waals surface area contributed by atoms with Crippen molar-refractivity contribution in [2.75, 3.05) is 11.9 Å². The highest BCUT2D eigenvalue weighted by molar-refractivity contribution is 5.89. The number of nitrogens with zero attached hydrogens (tertiary/aromatic N) is 5. The highest BCUT2D eigenvalue weighted by Crippen LogP contribution is 2.23. The Morgan fingerprint density at radius 1 is 1.13 bits per heavy atom. The van der Waals surface area contributed by atoms with Gasteiger partial charge in [-0.3, -0.25) is 15.3 Å². The minimum absolute atomic E-state index is 0.121. The van der Waals surface area contributed by atoms with Crippen molar-refractivity contribution in [3.8, 4) is 17.2 Å². The summed E-state index contributed by atoms with van der Waals surface area (Å²) in [5.41, 5.74) is 1.00. The van der Waals surface area contributed by atoms with Crippen LogP contribution in [0.2, 0.25) is 0 Å². The van der Waals surface area contributed by atoms with Crippen molar-refractivity contribution in [1.29, 1.82) is 0 Å². The first kappa shape index (κ1) is 20.9. The Labute approximate surface area is 173 Å². The quantitative estimate of drug-likeness (QED) is 0.636. The van der Waals surface area contributed by atoms with E-state index in [1.807, 2.05) is 0 Å². The third-order valence-electron chi connectivity index (χ3n) is 3.63. The summed E-state index contributed by atoms with van der Waals surface area (Å²) in [5.74, 6) is -0.134. The number of carbonyl (C=O) groups is 2. The Kier molecular flexibility index (Phi) is 6.05. The van der Waals surface area contributed by atoms with Gasteiger partial charge in [-0.25, -0.2) is 19.3 Å². The summed E-state index contributed by atoms with van der Waals surface area (Å²) in [6, 6.07) is 4.92. The van der Waals surface area contributed by atoms with Gasteiger partial charge in [-0.05, 0) is 39.8 Å². The summed E-state index contributed by atoms with van der Waals surface area (Å²) in [5, 5.41) is 6.92. The lowest BCUT2D eigenvalue weighted by atomic mass is 10.2. The molecular formula is C20H22N6O4. The van der Waals surface area contributed by atoms with E-state index in [4.69, 9.17) is 9.47 Å². The second kappa shape index (κ2) is 8.68. The lowest BCUT2D eigenvalue weighted by Gasteiger charge is -2.19. The molecule has 156 valence electrons. The number of nitrogens with one attached hydrogen (secondary N) is 1. The van der Waals surface area contributed by atoms with Crippen LogP contribution in [-0.4, -0.2) is 49.0 Å². The van der Waals surface area contributed by atoms with Crippen LogP contribution in [-0.2, 0) is 9.47 Å². The van der Waals surface area contributed by atoms with E-state index in [1.165, 1.54) is 29.5 Å². The number of aromatic nitrogens is 5. The molecule has 0 fully saturated rings. The van der Waals surface area contributed by atoms with Gasteiger partial charge in [0.05, 0.1) is 36.1 Å².